The maximum Gasteiger partial charge on any atom is 0.410 e. The van der Waals surface area contributed by atoms with Gasteiger partial charge in [0, 0.05) is 25.2 Å². The van der Waals surface area contributed by atoms with Gasteiger partial charge in [0.05, 0.1) is 4.91 Å². The highest BCUT2D eigenvalue weighted by molar-refractivity contribution is 5.68. The van der Waals surface area contributed by atoms with Gasteiger partial charge in [-0.25, -0.2) is 9.63 Å². The third-order valence-electron chi connectivity index (χ3n) is 4.27. The first-order valence-electron chi connectivity index (χ1n) is 8.08. The number of carbonyl (C=O) groups excluding carboxylic acids is 1. The highest BCUT2D eigenvalue weighted by atomic mass is 16.8. The quantitative estimate of drug-likeness (QED) is 0.794. The monoisotopic (exact) mass is 329 g/mol. The van der Waals surface area contributed by atoms with Crippen LogP contribution >= 0.6 is 0 Å². The summed E-state index contributed by atoms with van der Waals surface area (Å²) in [4.78, 5) is 30.6. The molecule has 1 aromatic rings. The van der Waals surface area contributed by atoms with Gasteiger partial charge in [-0.1, -0.05) is 24.3 Å². The van der Waals surface area contributed by atoms with E-state index in [1.807, 2.05) is 12.1 Å². The van der Waals surface area contributed by atoms with Crippen LogP contribution in [0.25, 0.3) is 0 Å². The van der Waals surface area contributed by atoms with Crippen LogP contribution in [0.2, 0.25) is 0 Å². The predicted octanol–water partition coefficient (Wildman–Crippen LogP) is 3.43. The molecule has 0 fully saturated rings. The Labute approximate surface area is 140 Å². The standard InChI is InChI=1S/C18H21N2O4/c1-23-20(22)17-8-7-15-9-10-19(12-16(15)11-17)18(21)24-13-14-5-3-2-4-6-14/h3,5-8,11H,2,4,9-10,12-13H2,1H3/q+1. The number of amides is 1. The van der Waals surface area contributed by atoms with Crippen LogP contribution in [0.5, 0.6) is 0 Å². The third-order valence-corrected chi connectivity index (χ3v) is 4.27. The molecule has 0 bridgehead atoms. The zero-order chi connectivity index (χ0) is 16.9. The minimum absolute atomic E-state index is 0.302. The van der Waals surface area contributed by atoms with Crippen molar-refractivity contribution in [1.29, 1.82) is 0 Å². The average Bonchev–Trinajstić information content (AvgIpc) is 2.65. The van der Waals surface area contributed by atoms with E-state index in [1.54, 1.807) is 17.0 Å². The molecule has 1 aromatic carbocycles. The molecule has 6 nitrogen and oxygen atoms in total. The number of nitrogens with zero attached hydrogens (tertiary/aromatic N) is 2. The summed E-state index contributed by atoms with van der Waals surface area (Å²) in [6.07, 6.45) is 8.65. The fourth-order valence-corrected chi connectivity index (χ4v) is 2.93. The number of hydrogen-bond donors (Lipinski definition) is 0. The second-order valence-corrected chi connectivity index (χ2v) is 5.88. The Morgan fingerprint density at radius 1 is 1.29 bits per heavy atom. The van der Waals surface area contributed by atoms with Crippen LogP contribution in [0.15, 0.2) is 42.0 Å². The molecule has 126 valence electrons. The molecule has 0 spiro atoms. The Balaban J connectivity index is 1.63. The molecule has 2 aliphatic rings. The lowest BCUT2D eigenvalue weighted by Crippen LogP contribution is -2.36. The summed E-state index contributed by atoms with van der Waals surface area (Å²) >= 11 is 0. The predicted molar refractivity (Wildman–Crippen MR) is 88.7 cm³/mol. The van der Waals surface area contributed by atoms with Gasteiger partial charge in [0.2, 0.25) is 0 Å². The van der Waals surface area contributed by atoms with Gasteiger partial charge in [-0.2, -0.15) is 0 Å². The van der Waals surface area contributed by atoms with Gasteiger partial charge in [-0.3, -0.25) is 0 Å². The summed E-state index contributed by atoms with van der Waals surface area (Å²) < 4.78 is 5.41. The van der Waals surface area contributed by atoms with E-state index in [-0.39, 0.29) is 6.09 Å². The van der Waals surface area contributed by atoms with Gasteiger partial charge in [-0.05, 0) is 36.0 Å². The number of hydrogen-bond acceptors (Lipinski definition) is 4. The van der Waals surface area contributed by atoms with E-state index >= 15 is 0 Å². The first-order chi connectivity index (χ1) is 11.7. The van der Waals surface area contributed by atoms with Gasteiger partial charge < -0.3 is 9.64 Å². The second-order valence-electron chi connectivity index (χ2n) is 5.88. The van der Waals surface area contributed by atoms with Crippen LogP contribution in [-0.4, -0.2) is 36.2 Å². The Kier molecular flexibility index (Phi) is 4.93. The molecule has 0 aromatic heterocycles. The molecule has 1 amide bonds. The summed E-state index contributed by atoms with van der Waals surface area (Å²) in [6, 6.07) is 5.40. The lowest BCUT2D eigenvalue weighted by Gasteiger charge is -2.28. The van der Waals surface area contributed by atoms with Crippen molar-refractivity contribution in [2.24, 2.45) is 0 Å². The van der Waals surface area contributed by atoms with Gasteiger partial charge in [-0.15, -0.1) is 0 Å². The SMILES string of the molecule is CO[N+](=O)c1ccc2c(c1)CN(C(=O)OCC1=CCCC=C1)CC2. The van der Waals surface area contributed by atoms with Crippen molar-refractivity contribution >= 4 is 11.8 Å². The topological polar surface area (TPSA) is 58.9 Å². The Hall–Kier alpha value is -2.63. The molecule has 1 aliphatic heterocycles. The molecule has 3 rings (SSSR count). The Bertz CT molecular complexity index is 709. The summed E-state index contributed by atoms with van der Waals surface area (Å²) in [5.74, 6) is 0. The molecule has 0 unspecified atom stereocenters. The van der Waals surface area contributed by atoms with Gasteiger partial charge in [0.25, 0.3) is 4.92 Å². The summed E-state index contributed by atoms with van der Waals surface area (Å²) in [6.45, 7) is 1.36. The Morgan fingerprint density at radius 3 is 2.92 bits per heavy atom. The van der Waals surface area contributed by atoms with Crippen LogP contribution in [0.4, 0.5) is 10.5 Å². The van der Waals surface area contributed by atoms with Gasteiger partial charge >= 0.3 is 11.8 Å². The number of ether oxygens (including phenoxy) is 1. The van der Waals surface area contributed by atoms with Crippen molar-refractivity contribution in [2.75, 3.05) is 20.3 Å². The van der Waals surface area contributed by atoms with Crippen LogP contribution in [0.1, 0.15) is 24.0 Å². The molecule has 0 saturated heterocycles. The number of carbonyl (C=O) groups is 1. The summed E-state index contributed by atoms with van der Waals surface area (Å²) in [5, 5.41) is 0. The molecule has 0 N–H and O–H groups in total. The maximum atomic E-state index is 12.3. The van der Waals surface area contributed by atoms with E-state index in [1.165, 1.54) is 7.11 Å². The maximum absolute atomic E-state index is 12.3. The molecule has 24 heavy (non-hydrogen) atoms. The fourth-order valence-electron chi connectivity index (χ4n) is 2.93. The van der Waals surface area contributed by atoms with Crippen LogP contribution in [0, 0.1) is 4.91 Å². The number of benzene rings is 1. The van der Waals surface area contributed by atoms with Crippen molar-refractivity contribution < 1.29 is 19.3 Å². The minimum Gasteiger partial charge on any atom is -0.445 e. The third kappa shape index (κ3) is 3.64. The fraction of sp³-hybridized carbons (Fsp3) is 0.389. The van der Waals surface area contributed by atoms with Gasteiger partial charge in [0.15, 0.2) is 7.11 Å². The van der Waals surface area contributed by atoms with E-state index in [0.717, 1.165) is 36.0 Å². The molecular weight excluding hydrogens is 308 g/mol. The lowest BCUT2D eigenvalue weighted by atomic mass is 9.99. The molecule has 1 aliphatic carbocycles. The van der Waals surface area contributed by atoms with Gasteiger partial charge in [0.1, 0.15) is 6.61 Å². The summed E-state index contributed by atoms with van der Waals surface area (Å²) in [7, 11) is 1.32. The number of fused-ring (bicyclic) bond motifs is 1. The number of allylic oxidation sites excluding steroid dienone is 2. The largest absolute Gasteiger partial charge is 0.445 e. The van der Waals surface area contributed by atoms with E-state index in [0.29, 0.717) is 30.3 Å². The molecule has 1 heterocycles. The Morgan fingerprint density at radius 2 is 2.17 bits per heavy atom. The molecule has 0 radical (unpaired) electrons. The zero-order valence-electron chi connectivity index (χ0n) is 13.7. The van der Waals surface area contributed by atoms with Crippen molar-refractivity contribution in [3.05, 3.63) is 58.0 Å². The second kappa shape index (κ2) is 7.29. The highest BCUT2D eigenvalue weighted by Crippen LogP contribution is 2.24. The number of rotatable bonds is 4. The van der Waals surface area contributed by atoms with Crippen molar-refractivity contribution in [2.45, 2.75) is 25.8 Å². The van der Waals surface area contributed by atoms with E-state index in [4.69, 9.17) is 4.74 Å². The van der Waals surface area contributed by atoms with Crippen molar-refractivity contribution in [3.63, 3.8) is 0 Å². The normalized spacial score (nSPS) is 16.2. The molecule has 6 heteroatoms. The smallest absolute Gasteiger partial charge is 0.410 e. The molecule has 0 atom stereocenters. The highest BCUT2D eigenvalue weighted by Gasteiger charge is 2.25. The lowest BCUT2D eigenvalue weighted by molar-refractivity contribution is -0.736. The van der Waals surface area contributed by atoms with Crippen molar-refractivity contribution in [3.8, 4) is 0 Å². The summed E-state index contributed by atoms with van der Waals surface area (Å²) in [5.41, 5.74) is 3.55. The first-order valence-corrected chi connectivity index (χ1v) is 8.08. The minimum atomic E-state index is -0.323. The van der Waals surface area contributed by atoms with E-state index in [9.17, 15) is 9.70 Å². The van der Waals surface area contributed by atoms with Crippen molar-refractivity contribution in [1.82, 2.24) is 4.90 Å². The van der Waals surface area contributed by atoms with E-state index < -0.39 is 0 Å². The van der Waals surface area contributed by atoms with Crippen LogP contribution < -0.4 is 0 Å². The molecule has 0 saturated carbocycles. The molecular formula is C18H21N2O4+. The first kappa shape index (κ1) is 16.2. The van der Waals surface area contributed by atoms with E-state index in [2.05, 4.69) is 17.0 Å². The zero-order valence-corrected chi connectivity index (χ0v) is 13.7. The average molecular weight is 329 g/mol. The van der Waals surface area contributed by atoms with Crippen LogP contribution in [-0.2, 0) is 22.5 Å². The van der Waals surface area contributed by atoms with Crippen LogP contribution in [0.3, 0.4) is 0 Å².